The van der Waals surface area contributed by atoms with Gasteiger partial charge in [0.05, 0.1) is 11.4 Å². The minimum atomic E-state index is -3.59. The van der Waals surface area contributed by atoms with Crippen LogP contribution >= 0.6 is 0 Å². The molecule has 6 rings (SSSR count). The third-order valence-corrected chi connectivity index (χ3v) is 8.64. The maximum atomic E-state index is 14.2. The first kappa shape index (κ1) is 21.9. The third-order valence-electron chi connectivity index (χ3n) is 6.83. The molecule has 3 aromatic carbocycles. The molecule has 3 aliphatic heterocycles. The average molecular weight is 493 g/mol. The van der Waals surface area contributed by atoms with Crippen molar-refractivity contribution in [1.29, 1.82) is 0 Å². The van der Waals surface area contributed by atoms with Crippen molar-refractivity contribution in [3.8, 4) is 17.2 Å². The summed E-state index contributed by atoms with van der Waals surface area (Å²) in [6.45, 7) is 1.32. The van der Waals surface area contributed by atoms with Gasteiger partial charge in [-0.05, 0) is 35.4 Å². The van der Waals surface area contributed by atoms with E-state index in [0.29, 0.717) is 30.5 Å². The normalized spacial score (nSPS) is 20.2. The highest BCUT2D eigenvalue weighted by atomic mass is 32.2. The van der Waals surface area contributed by atoms with Crippen molar-refractivity contribution < 1.29 is 27.4 Å². The number of sulfonamides is 1. The molecule has 3 aromatic rings. The van der Waals surface area contributed by atoms with Crippen molar-refractivity contribution >= 4 is 21.6 Å². The molecule has 1 amide bonds. The van der Waals surface area contributed by atoms with E-state index < -0.39 is 15.4 Å². The van der Waals surface area contributed by atoms with Crippen LogP contribution in [0, 0.1) is 0 Å². The predicted molar refractivity (Wildman–Crippen MR) is 129 cm³/mol. The lowest BCUT2D eigenvalue weighted by Gasteiger charge is -2.25. The van der Waals surface area contributed by atoms with Crippen LogP contribution in [0.15, 0.2) is 65.6 Å². The highest BCUT2D eigenvalue weighted by Crippen LogP contribution is 2.55. The van der Waals surface area contributed by atoms with Gasteiger partial charge in [0.25, 0.3) is 0 Å². The molecule has 1 spiro atoms. The number of hydrogen-bond acceptors (Lipinski definition) is 6. The van der Waals surface area contributed by atoms with Gasteiger partial charge in [-0.25, -0.2) is 12.7 Å². The number of anilines is 1. The molecule has 1 unspecified atom stereocenters. The molecule has 9 heteroatoms. The van der Waals surface area contributed by atoms with Gasteiger partial charge in [0.15, 0.2) is 11.5 Å². The molecule has 0 fully saturated rings. The van der Waals surface area contributed by atoms with Crippen LogP contribution in [0.5, 0.6) is 17.2 Å². The quantitative estimate of drug-likeness (QED) is 0.557. The van der Waals surface area contributed by atoms with E-state index >= 15 is 0 Å². The Bertz CT molecular complexity index is 1470. The lowest BCUT2D eigenvalue weighted by molar-refractivity contribution is -0.122. The average Bonchev–Trinajstić information content (AvgIpc) is 3.35. The van der Waals surface area contributed by atoms with Crippen molar-refractivity contribution in [2.45, 2.75) is 16.9 Å². The van der Waals surface area contributed by atoms with Crippen LogP contribution in [0.2, 0.25) is 0 Å². The smallest absolute Gasteiger partial charge is 0.246 e. The van der Waals surface area contributed by atoms with E-state index in [0.717, 1.165) is 22.4 Å². The minimum Gasteiger partial charge on any atom is -0.491 e. The van der Waals surface area contributed by atoms with Crippen molar-refractivity contribution in [3.05, 3.63) is 77.4 Å². The molecule has 0 aliphatic carbocycles. The zero-order valence-corrected chi connectivity index (χ0v) is 20.2. The summed E-state index contributed by atoms with van der Waals surface area (Å²) >= 11 is 0. The summed E-state index contributed by atoms with van der Waals surface area (Å²) < 4.78 is 44.0. The van der Waals surface area contributed by atoms with E-state index in [1.807, 2.05) is 36.4 Å². The van der Waals surface area contributed by atoms with Crippen LogP contribution in [0.25, 0.3) is 0 Å². The largest absolute Gasteiger partial charge is 0.491 e. The Labute approximate surface area is 203 Å². The maximum Gasteiger partial charge on any atom is 0.246 e. The molecular formula is C26H24N2O6S. The Morgan fingerprint density at radius 3 is 2.40 bits per heavy atom. The number of amides is 1. The summed E-state index contributed by atoms with van der Waals surface area (Å²) in [5, 5.41) is 0. The summed E-state index contributed by atoms with van der Waals surface area (Å²) in [5.74, 6) is 1.71. The van der Waals surface area contributed by atoms with Crippen LogP contribution in [0.4, 0.5) is 5.69 Å². The fraction of sp³-hybridized carbons (Fsp3) is 0.269. The lowest BCUT2D eigenvalue weighted by atomic mass is 9.77. The van der Waals surface area contributed by atoms with E-state index in [4.69, 9.17) is 14.2 Å². The lowest BCUT2D eigenvalue weighted by Crippen LogP contribution is -2.42. The van der Waals surface area contributed by atoms with Gasteiger partial charge in [0, 0.05) is 31.4 Å². The molecular weight excluding hydrogens is 468 g/mol. The molecule has 0 aromatic heterocycles. The van der Waals surface area contributed by atoms with Crippen molar-refractivity contribution in [1.82, 2.24) is 4.31 Å². The van der Waals surface area contributed by atoms with Gasteiger partial charge in [-0.3, -0.25) is 4.79 Å². The second kappa shape index (κ2) is 7.73. The van der Waals surface area contributed by atoms with Gasteiger partial charge in [0.1, 0.15) is 31.0 Å². The number of carbonyl (C=O) groups excluding carboxylic acids is 1. The van der Waals surface area contributed by atoms with Crippen LogP contribution in [0.3, 0.4) is 0 Å². The van der Waals surface area contributed by atoms with Gasteiger partial charge in [-0.1, -0.05) is 30.3 Å². The number of carbonyl (C=O) groups is 1. The van der Waals surface area contributed by atoms with Gasteiger partial charge in [0.2, 0.25) is 15.9 Å². The molecule has 0 saturated carbocycles. The first-order valence-corrected chi connectivity index (χ1v) is 12.8. The van der Waals surface area contributed by atoms with Gasteiger partial charge < -0.3 is 19.1 Å². The van der Waals surface area contributed by atoms with Gasteiger partial charge in [-0.15, -0.1) is 0 Å². The zero-order valence-electron chi connectivity index (χ0n) is 19.4. The SMILES string of the molecule is CN(C)S(=O)(=O)c1cccc(CN2C(=O)C3(COc4cc5c(cc43)OCCO5)c3ccccc32)c1. The zero-order chi connectivity index (χ0) is 24.4. The van der Waals surface area contributed by atoms with Crippen LogP contribution < -0.4 is 19.1 Å². The fourth-order valence-electron chi connectivity index (χ4n) is 5.07. The van der Waals surface area contributed by atoms with E-state index in [1.165, 1.54) is 18.4 Å². The fourth-order valence-corrected chi connectivity index (χ4v) is 6.04. The Balaban J connectivity index is 1.43. The summed E-state index contributed by atoms with van der Waals surface area (Å²) in [7, 11) is -0.600. The Hall–Kier alpha value is -3.56. The van der Waals surface area contributed by atoms with Crippen LogP contribution in [0.1, 0.15) is 16.7 Å². The second-order valence-corrected chi connectivity index (χ2v) is 11.2. The monoisotopic (exact) mass is 492 g/mol. The molecule has 0 bridgehead atoms. The minimum absolute atomic E-state index is 0.116. The number of ether oxygens (including phenoxy) is 3. The molecule has 0 N–H and O–H groups in total. The molecule has 1 atom stereocenters. The Morgan fingerprint density at radius 1 is 0.886 bits per heavy atom. The highest BCUT2D eigenvalue weighted by Gasteiger charge is 2.57. The summed E-state index contributed by atoms with van der Waals surface area (Å²) in [5.41, 5.74) is 2.11. The van der Waals surface area contributed by atoms with Gasteiger partial charge in [-0.2, -0.15) is 0 Å². The van der Waals surface area contributed by atoms with Gasteiger partial charge >= 0.3 is 0 Å². The van der Waals surface area contributed by atoms with Crippen molar-refractivity contribution in [2.24, 2.45) is 0 Å². The topological polar surface area (TPSA) is 85.4 Å². The molecule has 3 aliphatic rings. The number of fused-ring (bicyclic) bond motifs is 5. The number of hydrogen-bond donors (Lipinski definition) is 0. The third kappa shape index (κ3) is 3.15. The predicted octanol–water partition coefficient (Wildman–Crippen LogP) is 2.93. The number of benzene rings is 3. The number of para-hydroxylation sites is 1. The number of rotatable bonds is 4. The van der Waals surface area contributed by atoms with E-state index in [-0.39, 0.29) is 24.0 Å². The van der Waals surface area contributed by atoms with Crippen molar-refractivity contribution in [2.75, 3.05) is 38.8 Å². The molecule has 3 heterocycles. The summed E-state index contributed by atoms with van der Waals surface area (Å²) in [6.07, 6.45) is 0. The number of nitrogens with zero attached hydrogens (tertiary/aromatic N) is 2. The first-order chi connectivity index (χ1) is 16.8. The molecule has 0 radical (unpaired) electrons. The molecule has 0 saturated heterocycles. The van der Waals surface area contributed by atoms with Crippen LogP contribution in [-0.2, 0) is 26.8 Å². The second-order valence-electron chi connectivity index (χ2n) is 9.03. The molecule has 8 nitrogen and oxygen atoms in total. The van der Waals surface area contributed by atoms with E-state index in [1.54, 1.807) is 29.2 Å². The Morgan fingerprint density at radius 2 is 1.63 bits per heavy atom. The molecule has 35 heavy (non-hydrogen) atoms. The molecule has 180 valence electrons. The maximum absolute atomic E-state index is 14.2. The first-order valence-electron chi connectivity index (χ1n) is 11.3. The standard InChI is InChI=1S/C26H24N2O6S/c1-27(2)35(30,31)18-7-5-6-17(12-18)15-28-21-9-4-3-8-19(21)26(25(28)29)16-34-22-14-24-23(13-20(22)26)32-10-11-33-24/h3-9,12-14H,10-11,15-16H2,1-2H3. The summed E-state index contributed by atoms with van der Waals surface area (Å²) in [6, 6.07) is 18.0. The van der Waals surface area contributed by atoms with Crippen LogP contribution in [-0.4, -0.2) is 52.5 Å². The van der Waals surface area contributed by atoms with E-state index in [2.05, 4.69) is 0 Å². The Kier molecular flexibility index (Phi) is 4.84. The summed E-state index contributed by atoms with van der Waals surface area (Å²) in [4.78, 5) is 16.1. The highest BCUT2D eigenvalue weighted by molar-refractivity contribution is 7.89. The van der Waals surface area contributed by atoms with E-state index in [9.17, 15) is 13.2 Å². The van der Waals surface area contributed by atoms with Crippen molar-refractivity contribution in [3.63, 3.8) is 0 Å².